The highest BCUT2D eigenvalue weighted by atomic mass is 16.6. The van der Waals surface area contributed by atoms with Crippen LogP contribution in [0.4, 0.5) is 4.79 Å². The molecule has 1 fully saturated rings. The van der Waals surface area contributed by atoms with Crippen LogP contribution in [0.3, 0.4) is 0 Å². The van der Waals surface area contributed by atoms with E-state index in [9.17, 15) is 29.4 Å². The van der Waals surface area contributed by atoms with E-state index in [1.807, 2.05) is 0 Å². The zero-order chi connectivity index (χ0) is 23.4. The van der Waals surface area contributed by atoms with Gasteiger partial charge in [-0.25, -0.2) is 9.59 Å². The van der Waals surface area contributed by atoms with Crippen LogP contribution in [-0.2, 0) is 25.5 Å². The Labute approximate surface area is 180 Å². The number of aromatic hydroxyl groups is 1. The molecule has 0 radical (unpaired) electrons. The van der Waals surface area contributed by atoms with E-state index in [1.54, 1.807) is 32.9 Å². The molecule has 0 saturated heterocycles. The summed E-state index contributed by atoms with van der Waals surface area (Å²) in [5.41, 5.74) is -1.38. The molecule has 2 atom stereocenters. The van der Waals surface area contributed by atoms with E-state index < -0.39 is 47.1 Å². The minimum absolute atomic E-state index is 0.0579. The highest BCUT2D eigenvalue weighted by Gasteiger charge is 2.52. The molecule has 0 heterocycles. The lowest BCUT2D eigenvalue weighted by Crippen LogP contribution is -2.56. The van der Waals surface area contributed by atoms with Crippen molar-refractivity contribution in [1.82, 2.24) is 16.0 Å². The van der Waals surface area contributed by atoms with E-state index in [-0.39, 0.29) is 12.2 Å². The van der Waals surface area contributed by atoms with Gasteiger partial charge in [0, 0.05) is 6.42 Å². The van der Waals surface area contributed by atoms with Crippen molar-refractivity contribution in [2.24, 2.45) is 0 Å². The molecular weight excluding hydrogens is 406 g/mol. The van der Waals surface area contributed by atoms with Gasteiger partial charge in [-0.3, -0.25) is 9.59 Å². The number of carboxylic acids is 1. The van der Waals surface area contributed by atoms with E-state index in [0.29, 0.717) is 18.4 Å². The van der Waals surface area contributed by atoms with E-state index in [0.717, 1.165) is 0 Å². The third kappa shape index (κ3) is 7.16. The first-order valence-corrected chi connectivity index (χ1v) is 9.94. The van der Waals surface area contributed by atoms with E-state index in [1.165, 1.54) is 19.1 Å². The summed E-state index contributed by atoms with van der Waals surface area (Å²) in [6, 6.07) is 4.03. The standard InChI is InChI=1S/C21H29N3O7/c1-12(16(26)24-21(9-10-21)18(28)29)22-17(27)15(23-19(30)31-20(2,3)4)11-13-5-7-14(25)8-6-13/h5-8,12,15,25H,9-11H2,1-4H3,(H,22,27)(H,23,30)(H,24,26)(H,28,29)/t12-,15+/m1/s1. The lowest BCUT2D eigenvalue weighted by atomic mass is 10.0. The number of amides is 3. The molecule has 0 spiro atoms. The number of aliphatic carboxylic acids is 1. The Balaban J connectivity index is 2.06. The van der Waals surface area contributed by atoms with Crippen molar-refractivity contribution in [3.8, 4) is 5.75 Å². The lowest BCUT2D eigenvalue weighted by Gasteiger charge is -2.25. The van der Waals surface area contributed by atoms with Crippen molar-refractivity contribution < 1.29 is 34.1 Å². The second-order valence-corrected chi connectivity index (χ2v) is 8.68. The number of phenolic OH excluding ortho intramolecular Hbond substituents is 1. The van der Waals surface area contributed by atoms with Crippen LogP contribution >= 0.6 is 0 Å². The largest absolute Gasteiger partial charge is 0.508 e. The van der Waals surface area contributed by atoms with Crippen LogP contribution in [-0.4, -0.2) is 57.3 Å². The van der Waals surface area contributed by atoms with Crippen LogP contribution < -0.4 is 16.0 Å². The summed E-state index contributed by atoms with van der Waals surface area (Å²) in [6.45, 7) is 6.48. The van der Waals surface area contributed by atoms with Crippen molar-refractivity contribution in [3.05, 3.63) is 29.8 Å². The Morgan fingerprint density at radius 2 is 1.65 bits per heavy atom. The molecule has 0 bridgehead atoms. The summed E-state index contributed by atoms with van der Waals surface area (Å²) < 4.78 is 5.21. The van der Waals surface area contributed by atoms with Crippen LogP contribution in [0, 0.1) is 0 Å². The lowest BCUT2D eigenvalue weighted by molar-refractivity contribution is -0.143. The number of carbonyl (C=O) groups excluding carboxylic acids is 3. The maximum Gasteiger partial charge on any atom is 0.408 e. The summed E-state index contributed by atoms with van der Waals surface area (Å²) in [4.78, 5) is 48.6. The van der Waals surface area contributed by atoms with Crippen LogP contribution in [0.2, 0.25) is 0 Å². The maximum absolute atomic E-state index is 12.8. The van der Waals surface area contributed by atoms with Crippen molar-refractivity contribution >= 4 is 23.9 Å². The number of nitrogens with one attached hydrogen (secondary N) is 3. The number of phenols is 1. The zero-order valence-electron chi connectivity index (χ0n) is 18.0. The molecule has 3 amide bonds. The minimum Gasteiger partial charge on any atom is -0.508 e. The zero-order valence-corrected chi connectivity index (χ0v) is 18.0. The number of carbonyl (C=O) groups is 4. The monoisotopic (exact) mass is 435 g/mol. The van der Waals surface area contributed by atoms with Gasteiger partial charge in [0.1, 0.15) is 29.0 Å². The summed E-state index contributed by atoms with van der Waals surface area (Å²) in [6.07, 6.45) is -0.0541. The fourth-order valence-electron chi connectivity index (χ4n) is 2.77. The molecule has 0 aliphatic heterocycles. The number of benzene rings is 1. The molecule has 10 heteroatoms. The van der Waals surface area contributed by atoms with E-state index >= 15 is 0 Å². The van der Waals surface area contributed by atoms with Crippen LogP contribution in [0.5, 0.6) is 5.75 Å². The number of ether oxygens (including phenoxy) is 1. The Morgan fingerprint density at radius 1 is 1.06 bits per heavy atom. The van der Waals surface area contributed by atoms with Crippen molar-refractivity contribution in [3.63, 3.8) is 0 Å². The summed E-state index contributed by atoms with van der Waals surface area (Å²) in [5, 5.41) is 26.1. The Hall–Kier alpha value is -3.30. The normalized spacial score (nSPS) is 16.4. The molecule has 1 aromatic carbocycles. The van der Waals surface area contributed by atoms with Gasteiger partial charge in [-0.05, 0) is 58.2 Å². The second-order valence-electron chi connectivity index (χ2n) is 8.68. The molecule has 10 nitrogen and oxygen atoms in total. The quantitative estimate of drug-likeness (QED) is 0.409. The van der Waals surface area contributed by atoms with Gasteiger partial charge < -0.3 is 30.9 Å². The van der Waals surface area contributed by atoms with Crippen LogP contribution in [0.1, 0.15) is 46.1 Å². The van der Waals surface area contributed by atoms with Crippen LogP contribution in [0.15, 0.2) is 24.3 Å². The first-order valence-electron chi connectivity index (χ1n) is 9.94. The predicted octanol–water partition coefficient (Wildman–Crippen LogP) is 1.07. The van der Waals surface area contributed by atoms with E-state index in [4.69, 9.17) is 4.74 Å². The number of rotatable bonds is 8. The minimum atomic E-state index is -1.27. The SMILES string of the molecule is C[C@@H](NC(=O)[C@H](Cc1ccc(O)cc1)NC(=O)OC(C)(C)C)C(=O)NC1(C(=O)O)CC1. The van der Waals surface area contributed by atoms with Gasteiger partial charge in [-0.15, -0.1) is 0 Å². The molecule has 170 valence electrons. The smallest absolute Gasteiger partial charge is 0.408 e. The highest BCUT2D eigenvalue weighted by molar-refractivity contribution is 5.94. The fraction of sp³-hybridized carbons (Fsp3) is 0.524. The predicted molar refractivity (Wildman–Crippen MR) is 110 cm³/mol. The molecule has 1 saturated carbocycles. The topological polar surface area (TPSA) is 154 Å². The summed E-state index contributed by atoms with van der Waals surface area (Å²) in [5.74, 6) is -2.32. The van der Waals surface area contributed by atoms with Gasteiger partial charge in [0.05, 0.1) is 0 Å². The molecule has 1 aliphatic carbocycles. The van der Waals surface area contributed by atoms with Gasteiger partial charge in [0.15, 0.2) is 0 Å². The second kappa shape index (κ2) is 9.23. The molecule has 0 aromatic heterocycles. The Kier molecular flexibility index (Phi) is 7.14. The fourth-order valence-corrected chi connectivity index (χ4v) is 2.77. The highest BCUT2D eigenvalue weighted by Crippen LogP contribution is 2.35. The number of hydrogen-bond acceptors (Lipinski definition) is 6. The molecule has 2 rings (SSSR count). The Bertz CT molecular complexity index is 842. The molecule has 0 unspecified atom stereocenters. The third-order valence-corrected chi connectivity index (χ3v) is 4.66. The third-order valence-electron chi connectivity index (χ3n) is 4.66. The van der Waals surface area contributed by atoms with Gasteiger partial charge in [-0.2, -0.15) is 0 Å². The van der Waals surface area contributed by atoms with E-state index in [2.05, 4.69) is 16.0 Å². The molecular formula is C21H29N3O7. The molecule has 31 heavy (non-hydrogen) atoms. The average molecular weight is 435 g/mol. The number of carboxylic acid groups (broad SMARTS) is 1. The number of hydrogen-bond donors (Lipinski definition) is 5. The number of alkyl carbamates (subject to hydrolysis) is 1. The summed E-state index contributed by atoms with van der Waals surface area (Å²) in [7, 11) is 0. The first-order chi connectivity index (χ1) is 14.3. The van der Waals surface area contributed by atoms with Crippen LogP contribution in [0.25, 0.3) is 0 Å². The first kappa shape index (κ1) is 24.0. The van der Waals surface area contributed by atoms with Crippen molar-refractivity contribution in [2.45, 2.75) is 70.2 Å². The van der Waals surface area contributed by atoms with Gasteiger partial charge >= 0.3 is 12.1 Å². The molecule has 1 aromatic rings. The summed E-state index contributed by atoms with van der Waals surface area (Å²) >= 11 is 0. The molecule has 5 N–H and O–H groups in total. The van der Waals surface area contributed by atoms with Gasteiger partial charge in [0.25, 0.3) is 0 Å². The average Bonchev–Trinajstić information content (AvgIpc) is 3.42. The van der Waals surface area contributed by atoms with Gasteiger partial charge in [-0.1, -0.05) is 12.1 Å². The maximum atomic E-state index is 12.8. The Morgan fingerprint density at radius 3 is 2.13 bits per heavy atom. The van der Waals surface area contributed by atoms with Crippen molar-refractivity contribution in [2.75, 3.05) is 0 Å². The molecule has 1 aliphatic rings. The van der Waals surface area contributed by atoms with Gasteiger partial charge in [0.2, 0.25) is 11.8 Å². The van der Waals surface area contributed by atoms with Crippen molar-refractivity contribution in [1.29, 1.82) is 0 Å².